The quantitative estimate of drug-likeness (QED) is 0.0524. The van der Waals surface area contributed by atoms with Gasteiger partial charge in [-0.15, -0.1) is 0 Å². The predicted octanol–water partition coefficient (Wildman–Crippen LogP) is 6.87. The number of aliphatic hydroxyl groups excluding tert-OH is 1. The van der Waals surface area contributed by atoms with Crippen LogP contribution in [-0.2, 0) is 22.6 Å². The molecule has 3 aliphatic heterocycles. The van der Waals surface area contributed by atoms with Crippen molar-refractivity contribution >= 4 is 34.7 Å². The minimum absolute atomic E-state index is 0.00541. The lowest BCUT2D eigenvalue weighted by atomic mass is 9.86. The normalized spacial score (nSPS) is 17.3. The van der Waals surface area contributed by atoms with Gasteiger partial charge in [0.2, 0.25) is 5.56 Å². The Morgan fingerprint density at radius 3 is 2.35 bits per heavy atom. The molecule has 1 aromatic heterocycles. The molecule has 1 unspecified atom stereocenters. The van der Waals surface area contributed by atoms with Crippen LogP contribution in [0, 0.1) is 5.92 Å². The molecule has 6 aromatic rings. The maximum atomic E-state index is 13.2. The number of benzene rings is 5. The minimum Gasteiger partial charge on any atom is -0.506 e. The van der Waals surface area contributed by atoms with Gasteiger partial charge in [-0.25, -0.2) is 14.4 Å². The number of likely N-dealkylation sites (N-methyl/N-ethyl adjacent to an activating group) is 1. The highest BCUT2D eigenvalue weighted by Crippen LogP contribution is 2.32. The number of phenolic OH excluding ortho intramolecular Hbond substituents is 1. The molecule has 5 aromatic carbocycles. The number of ether oxygens (including phenoxy) is 3. The van der Waals surface area contributed by atoms with Gasteiger partial charge in [-0.2, -0.15) is 0 Å². The van der Waals surface area contributed by atoms with Crippen molar-refractivity contribution in [2.75, 3.05) is 51.7 Å². The number of amides is 3. The van der Waals surface area contributed by atoms with Crippen LogP contribution in [0.25, 0.3) is 10.9 Å². The number of aliphatic hydroxyl groups is 1. The molecule has 3 saturated heterocycles. The van der Waals surface area contributed by atoms with Crippen LogP contribution >= 0.6 is 0 Å². The molecule has 9 rings (SSSR count). The van der Waals surface area contributed by atoms with Crippen LogP contribution in [0.15, 0.2) is 132 Å². The first-order chi connectivity index (χ1) is 32.1. The van der Waals surface area contributed by atoms with E-state index >= 15 is 0 Å². The second-order valence-electron chi connectivity index (χ2n) is 16.7. The molecular formula is C51H54N6O9. The largest absolute Gasteiger partial charge is 0.506 e. The fourth-order valence-corrected chi connectivity index (χ4v) is 8.42. The summed E-state index contributed by atoms with van der Waals surface area (Å²) in [5.74, 6) is 0.445. The van der Waals surface area contributed by atoms with Crippen molar-refractivity contribution in [3.8, 4) is 11.5 Å². The number of phenols is 1. The van der Waals surface area contributed by atoms with E-state index in [0.717, 1.165) is 54.7 Å². The number of fused-ring (bicyclic) bond motifs is 4. The van der Waals surface area contributed by atoms with Crippen molar-refractivity contribution in [2.45, 2.75) is 44.2 Å². The number of nitrogens with one attached hydrogen (secondary N) is 4. The summed E-state index contributed by atoms with van der Waals surface area (Å²) in [7, 11) is 1.61. The van der Waals surface area contributed by atoms with E-state index in [-0.39, 0.29) is 55.3 Å². The first-order valence-corrected chi connectivity index (χ1v) is 22.1. The van der Waals surface area contributed by atoms with E-state index in [2.05, 4.69) is 25.8 Å². The summed E-state index contributed by atoms with van der Waals surface area (Å²) in [5.41, 5.74) is 4.99. The second-order valence-corrected chi connectivity index (χ2v) is 16.7. The van der Waals surface area contributed by atoms with Crippen molar-refractivity contribution in [1.29, 1.82) is 0 Å². The molecular weight excluding hydrogens is 841 g/mol. The molecule has 3 fully saturated rings. The van der Waals surface area contributed by atoms with Crippen LogP contribution < -0.4 is 26.2 Å². The highest BCUT2D eigenvalue weighted by molar-refractivity contribution is 5.90. The Kier molecular flexibility index (Phi) is 14.6. The average Bonchev–Trinajstić information content (AvgIpc) is 3.34. The molecule has 2 bridgehead atoms. The molecule has 0 spiro atoms. The van der Waals surface area contributed by atoms with E-state index in [1.807, 2.05) is 66.7 Å². The molecule has 66 heavy (non-hydrogen) atoms. The number of esters is 1. The summed E-state index contributed by atoms with van der Waals surface area (Å²) < 4.78 is 17.6. The van der Waals surface area contributed by atoms with E-state index in [1.165, 1.54) is 17.0 Å². The number of anilines is 1. The number of carbonyl (C=O) groups excluding carboxylic acids is 3. The van der Waals surface area contributed by atoms with Crippen LogP contribution in [0.5, 0.6) is 11.5 Å². The van der Waals surface area contributed by atoms with Crippen molar-refractivity contribution in [3.63, 3.8) is 0 Å². The molecule has 6 N–H and O–H groups in total. The zero-order valence-corrected chi connectivity index (χ0v) is 36.7. The van der Waals surface area contributed by atoms with Gasteiger partial charge in [0, 0.05) is 43.8 Å². The van der Waals surface area contributed by atoms with Gasteiger partial charge in [-0.05, 0) is 108 Å². The van der Waals surface area contributed by atoms with Crippen molar-refractivity contribution in [1.82, 2.24) is 25.4 Å². The van der Waals surface area contributed by atoms with Gasteiger partial charge in [0.05, 0.1) is 29.8 Å². The fraction of sp³-hybridized carbons (Fsp3) is 0.294. The zero-order valence-electron chi connectivity index (χ0n) is 36.7. The maximum Gasteiger partial charge on any atom is 0.408 e. The molecule has 15 heteroatoms. The number of carbonyl (C=O) groups is 3. The number of alkyl carbamates (subject to hydrolysis) is 1. The van der Waals surface area contributed by atoms with Crippen LogP contribution in [-0.4, -0.2) is 95.6 Å². The molecule has 0 aliphatic carbocycles. The predicted molar refractivity (Wildman–Crippen MR) is 249 cm³/mol. The first-order valence-electron chi connectivity index (χ1n) is 22.1. The lowest BCUT2D eigenvalue weighted by Crippen LogP contribution is -2.52. The third-order valence-corrected chi connectivity index (χ3v) is 12.2. The van der Waals surface area contributed by atoms with Gasteiger partial charge in [-0.1, -0.05) is 72.8 Å². The molecule has 15 nitrogen and oxygen atoms in total. The smallest absolute Gasteiger partial charge is 0.408 e. The molecule has 3 aliphatic rings. The Balaban J connectivity index is 0.755. The molecule has 4 heterocycles. The van der Waals surface area contributed by atoms with Gasteiger partial charge in [0.1, 0.15) is 30.8 Å². The van der Waals surface area contributed by atoms with E-state index in [1.54, 1.807) is 55.6 Å². The van der Waals surface area contributed by atoms with E-state index in [4.69, 9.17) is 14.2 Å². The standard InChI is InChI=1S/C51H54N6O9/c1-56(50(62)53-39-16-12-33(13-17-39)29-52-30-44(59)41-18-20-43(58)48-42(41)19-21-46(60)54-48)26-27-64-49(61)37-14-10-34(11-15-37)32-65-40-9-5-8-38(28-40)47(36-6-3-2-4-7-36)55-51(63)66-45-31-57-24-22-35(45)23-25-57/h2-21,28,35,44-45,47,52,58-59H,22-27,29-32H2,1H3,(H,53,62)(H,54,60)(H,55,63)/t44-,45-,47?/m0/s1. The molecule has 342 valence electrons. The van der Waals surface area contributed by atoms with Crippen LogP contribution in [0.3, 0.4) is 0 Å². The van der Waals surface area contributed by atoms with Crippen molar-refractivity contribution < 1.29 is 38.8 Å². The van der Waals surface area contributed by atoms with Crippen molar-refractivity contribution in [3.05, 3.63) is 171 Å². The summed E-state index contributed by atoms with van der Waals surface area (Å²) in [5, 5.41) is 30.7. The lowest BCUT2D eigenvalue weighted by molar-refractivity contribution is -0.0336. The lowest BCUT2D eigenvalue weighted by Gasteiger charge is -2.43. The summed E-state index contributed by atoms with van der Waals surface area (Å²) in [4.78, 5) is 57.1. The Morgan fingerprint density at radius 2 is 1.61 bits per heavy atom. The SMILES string of the molecule is CN(CCOC(=O)c1ccc(COc2cccc(C(NC(=O)O[C@H]3CN4CCC3CC4)c3ccccc3)c2)cc1)C(=O)Nc1ccc(CNC[C@H](O)c2ccc(O)c3[nH]c(=O)ccc23)cc1. The molecule has 0 saturated carbocycles. The zero-order chi connectivity index (χ0) is 46.0. The van der Waals surface area contributed by atoms with Gasteiger partial charge in [-0.3, -0.25) is 9.69 Å². The average molecular weight is 895 g/mol. The number of aromatic amines is 1. The number of nitrogens with zero attached hydrogens (tertiary/aromatic N) is 2. The summed E-state index contributed by atoms with van der Waals surface area (Å²) >= 11 is 0. The van der Waals surface area contributed by atoms with Gasteiger partial charge >= 0.3 is 18.1 Å². The summed E-state index contributed by atoms with van der Waals surface area (Å²) in [6, 6.07) is 36.8. The molecule has 3 amide bonds. The Hall–Kier alpha value is -7.20. The Labute approximate surface area is 382 Å². The minimum atomic E-state index is -0.890. The number of hydrogen-bond acceptors (Lipinski definition) is 11. The number of urea groups is 1. The molecule has 0 radical (unpaired) electrons. The monoisotopic (exact) mass is 894 g/mol. The highest BCUT2D eigenvalue weighted by atomic mass is 16.6. The Morgan fingerprint density at radius 1 is 0.864 bits per heavy atom. The van der Waals surface area contributed by atoms with Crippen LogP contribution in [0.2, 0.25) is 0 Å². The third-order valence-electron chi connectivity index (χ3n) is 12.2. The van der Waals surface area contributed by atoms with Gasteiger partial charge in [0.25, 0.3) is 0 Å². The van der Waals surface area contributed by atoms with E-state index < -0.39 is 24.2 Å². The maximum absolute atomic E-state index is 13.2. The number of aromatic hydroxyl groups is 1. The Bertz CT molecular complexity index is 2670. The number of H-pyrrole nitrogens is 1. The van der Waals surface area contributed by atoms with Crippen LogP contribution in [0.1, 0.15) is 63.2 Å². The second kappa shape index (κ2) is 21.2. The number of hydrogen-bond donors (Lipinski definition) is 6. The molecule has 3 atom stereocenters. The van der Waals surface area contributed by atoms with Crippen molar-refractivity contribution in [2.24, 2.45) is 5.92 Å². The number of pyridine rings is 1. The van der Waals surface area contributed by atoms with Crippen LogP contribution in [0.4, 0.5) is 15.3 Å². The van der Waals surface area contributed by atoms with Gasteiger partial charge in [0.15, 0.2) is 0 Å². The van der Waals surface area contributed by atoms with Gasteiger partial charge < -0.3 is 50.3 Å². The van der Waals surface area contributed by atoms with E-state index in [0.29, 0.717) is 40.4 Å². The first kappa shape index (κ1) is 45.4. The number of aromatic nitrogens is 1. The topological polar surface area (TPSA) is 195 Å². The van der Waals surface area contributed by atoms with E-state index in [9.17, 15) is 29.4 Å². The summed E-state index contributed by atoms with van der Waals surface area (Å²) in [6.45, 7) is 4.00. The summed E-state index contributed by atoms with van der Waals surface area (Å²) in [6.07, 6.45) is 0.683. The fourth-order valence-electron chi connectivity index (χ4n) is 8.42. The third kappa shape index (κ3) is 11.5. The number of piperidine rings is 3. The highest BCUT2D eigenvalue weighted by Gasteiger charge is 2.37. The number of rotatable bonds is 17.